The van der Waals surface area contributed by atoms with Crippen molar-refractivity contribution in [1.82, 2.24) is 20.6 Å². The van der Waals surface area contributed by atoms with E-state index in [1.807, 2.05) is 36.4 Å². The highest BCUT2D eigenvalue weighted by Gasteiger charge is 2.31. The van der Waals surface area contributed by atoms with Crippen molar-refractivity contribution in [3.05, 3.63) is 108 Å². The monoisotopic (exact) mass is 773 g/mol. The number of anilines is 3. The van der Waals surface area contributed by atoms with Gasteiger partial charge in [0.05, 0.1) is 44.1 Å². The number of fused-ring (bicyclic) bond motifs is 1. The fourth-order valence-corrected chi connectivity index (χ4v) is 5.25. The van der Waals surface area contributed by atoms with Gasteiger partial charge in [0.15, 0.2) is 0 Å². The van der Waals surface area contributed by atoms with E-state index in [2.05, 4.69) is 31.2 Å². The Kier molecular flexibility index (Phi) is 15.1. The van der Waals surface area contributed by atoms with E-state index in [1.54, 1.807) is 36.5 Å². The van der Waals surface area contributed by atoms with Gasteiger partial charge in [-0.1, -0.05) is 24.3 Å². The van der Waals surface area contributed by atoms with Gasteiger partial charge in [0.1, 0.15) is 12.4 Å². The van der Waals surface area contributed by atoms with Crippen LogP contribution in [0.4, 0.5) is 30.5 Å². The maximum absolute atomic E-state index is 13.1. The molecule has 0 aliphatic heterocycles. The molecule has 1 heterocycles. The van der Waals surface area contributed by atoms with Crippen LogP contribution in [0.25, 0.3) is 22.0 Å². The van der Waals surface area contributed by atoms with E-state index in [4.69, 9.17) is 19.9 Å². The number of hydrogen-bond acceptors (Lipinski definition) is 10. The summed E-state index contributed by atoms with van der Waals surface area (Å²) in [6.07, 6.45) is -2.41. The summed E-state index contributed by atoms with van der Waals surface area (Å²) in [5.41, 5.74) is 7.82. The summed E-state index contributed by atoms with van der Waals surface area (Å²) in [5.74, 6) is 0.0858. The van der Waals surface area contributed by atoms with Gasteiger partial charge >= 0.3 is 6.18 Å². The van der Waals surface area contributed by atoms with Crippen molar-refractivity contribution in [3.8, 4) is 16.9 Å². The third-order valence-corrected chi connectivity index (χ3v) is 8.07. The summed E-state index contributed by atoms with van der Waals surface area (Å²) in [4.78, 5) is 45.3. The van der Waals surface area contributed by atoms with Crippen molar-refractivity contribution in [2.45, 2.75) is 19.0 Å². The Morgan fingerprint density at radius 2 is 1.41 bits per heavy atom. The zero-order chi connectivity index (χ0) is 39.8. The van der Waals surface area contributed by atoms with Crippen LogP contribution in [-0.2, 0) is 25.2 Å². The molecular weight excluding hydrogens is 731 g/mol. The average molecular weight is 774 g/mol. The van der Waals surface area contributed by atoms with Crippen LogP contribution in [-0.4, -0.2) is 80.4 Å². The summed E-state index contributed by atoms with van der Waals surface area (Å²) >= 11 is 0. The lowest BCUT2D eigenvalue weighted by Gasteiger charge is -2.11. The molecule has 0 fully saturated rings. The average Bonchev–Trinajstić information content (AvgIpc) is 3.20. The van der Waals surface area contributed by atoms with Crippen LogP contribution in [0, 0.1) is 0 Å². The van der Waals surface area contributed by atoms with Crippen molar-refractivity contribution in [2.24, 2.45) is 5.73 Å². The first-order chi connectivity index (χ1) is 27.1. The number of hydrogen-bond donors (Lipinski definition) is 5. The van der Waals surface area contributed by atoms with Crippen molar-refractivity contribution in [2.75, 3.05) is 63.3 Å². The Balaban J connectivity index is 1.02. The van der Waals surface area contributed by atoms with Crippen molar-refractivity contribution >= 4 is 45.9 Å². The molecule has 0 bridgehead atoms. The van der Waals surface area contributed by atoms with Crippen LogP contribution in [0.5, 0.6) is 5.75 Å². The predicted molar refractivity (Wildman–Crippen MR) is 206 cm³/mol. The Hall–Kier alpha value is -6.10. The number of nitrogens with zero attached hydrogens (tertiary/aromatic N) is 2. The van der Waals surface area contributed by atoms with Crippen molar-refractivity contribution in [1.29, 1.82) is 0 Å². The molecule has 6 N–H and O–H groups in total. The van der Waals surface area contributed by atoms with Gasteiger partial charge in [-0.2, -0.15) is 13.2 Å². The third kappa shape index (κ3) is 13.0. The molecule has 0 spiro atoms. The Morgan fingerprint density at radius 1 is 0.714 bits per heavy atom. The zero-order valence-electron chi connectivity index (χ0n) is 30.4. The molecule has 5 rings (SSSR count). The molecule has 56 heavy (non-hydrogen) atoms. The number of carbonyl (C=O) groups excluding carboxylic acids is 3. The summed E-state index contributed by atoms with van der Waals surface area (Å²) in [7, 11) is 0. The first kappa shape index (κ1) is 41.1. The molecular formula is C40H42F3N7O6. The summed E-state index contributed by atoms with van der Waals surface area (Å²) in [5, 5.41) is 12.1. The normalized spacial score (nSPS) is 11.2. The van der Waals surface area contributed by atoms with E-state index >= 15 is 0 Å². The summed E-state index contributed by atoms with van der Waals surface area (Å²) in [6, 6.07) is 24.1. The molecule has 16 heteroatoms. The number of nitrogens with one attached hydrogen (secondary N) is 4. The first-order valence-electron chi connectivity index (χ1n) is 17.8. The van der Waals surface area contributed by atoms with Crippen LogP contribution in [0.2, 0.25) is 0 Å². The molecule has 0 saturated heterocycles. The van der Waals surface area contributed by atoms with Crippen LogP contribution in [0.3, 0.4) is 0 Å². The minimum atomic E-state index is -4.55. The minimum Gasteiger partial charge on any atom is -0.492 e. The topological polar surface area (TPSA) is 179 Å². The maximum atomic E-state index is 13.1. The van der Waals surface area contributed by atoms with Crippen LogP contribution >= 0.6 is 0 Å². The van der Waals surface area contributed by atoms with E-state index in [9.17, 15) is 27.6 Å². The molecule has 4 aromatic carbocycles. The van der Waals surface area contributed by atoms with E-state index in [0.717, 1.165) is 34.3 Å². The van der Waals surface area contributed by atoms with Gasteiger partial charge < -0.3 is 41.2 Å². The second-order valence-corrected chi connectivity index (χ2v) is 12.3. The third-order valence-electron chi connectivity index (χ3n) is 8.07. The summed E-state index contributed by atoms with van der Waals surface area (Å²) < 4.78 is 55.8. The van der Waals surface area contributed by atoms with E-state index in [1.165, 1.54) is 12.1 Å². The van der Waals surface area contributed by atoms with Gasteiger partial charge in [0.25, 0.3) is 5.91 Å². The smallest absolute Gasteiger partial charge is 0.416 e. The second kappa shape index (κ2) is 20.5. The number of aromatic nitrogens is 2. The Labute approximate surface area is 321 Å². The number of ether oxygens (including phenoxy) is 3. The number of carbonyl (C=O) groups is 3. The minimum absolute atomic E-state index is 0.0983. The van der Waals surface area contributed by atoms with Gasteiger partial charge in [0, 0.05) is 54.5 Å². The Bertz CT molecular complexity index is 2080. The molecule has 0 unspecified atom stereocenters. The molecule has 0 aliphatic rings. The molecule has 0 saturated carbocycles. The first-order valence-corrected chi connectivity index (χ1v) is 17.8. The van der Waals surface area contributed by atoms with E-state index in [-0.39, 0.29) is 50.0 Å². The van der Waals surface area contributed by atoms with Crippen LogP contribution < -0.4 is 31.7 Å². The van der Waals surface area contributed by atoms with Gasteiger partial charge in [0.2, 0.25) is 17.8 Å². The molecule has 0 radical (unpaired) electrons. The Morgan fingerprint density at radius 3 is 2.12 bits per heavy atom. The second-order valence-electron chi connectivity index (χ2n) is 12.3. The van der Waals surface area contributed by atoms with E-state index < -0.39 is 17.6 Å². The molecule has 5 aromatic rings. The highest BCUT2D eigenvalue weighted by atomic mass is 19.4. The molecule has 13 nitrogen and oxygen atoms in total. The number of nitrogens with two attached hydrogens (primary N) is 1. The standard InChI is InChI=1S/C40H42F3N7O6/c41-40(42,43)31-5-1-4-29(24-31)38(53)48-33-6-2-3-27(25-33)28-7-12-35-30(23-28)26-47-39(50-35)49-32-8-10-34(11-9-32)56-20-17-46-37(52)14-19-55-22-21-54-18-13-36(51)45-16-15-44/h1-12,23-26H,13-22,44H2,(H,45,51)(H,46,52)(H,48,53)(H,47,49,50). The number of alkyl halides is 3. The van der Waals surface area contributed by atoms with E-state index in [0.29, 0.717) is 55.7 Å². The lowest BCUT2D eigenvalue weighted by Crippen LogP contribution is -2.29. The van der Waals surface area contributed by atoms with Crippen LogP contribution in [0.1, 0.15) is 28.8 Å². The molecule has 1 aromatic heterocycles. The molecule has 0 atom stereocenters. The highest BCUT2D eigenvalue weighted by molar-refractivity contribution is 6.04. The molecule has 294 valence electrons. The SMILES string of the molecule is NCCNC(=O)CCOCCOCCC(=O)NCCOc1ccc(Nc2ncc3cc(-c4cccc(NC(=O)c5cccc(C(F)(F)F)c5)c4)ccc3n2)cc1. The lowest BCUT2D eigenvalue weighted by molar-refractivity contribution is -0.137. The number of rotatable bonds is 20. The molecule has 3 amide bonds. The quantitative estimate of drug-likeness (QED) is 0.0617. The number of benzene rings is 4. The summed E-state index contributed by atoms with van der Waals surface area (Å²) in [6.45, 7) is 2.62. The fraction of sp³-hybridized carbons (Fsp3) is 0.275. The molecule has 0 aliphatic carbocycles. The fourth-order valence-electron chi connectivity index (χ4n) is 5.25. The van der Waals surface area contributed by atoms with Gasteiger partial charge in [-0.15, -0.1) is 0 Å². The predicted octanol–water partition coefficient (Wildman–Crippen LogP) is 5.69. The van der Waals surface area contributed by atoms with Crippen molar-refractivity contribution < 1.29 is 41.8 Å². The zero-order valence-corrected chi connectivity index (χ0v) is 30.4. The van der Waals surface area contributed by atoms with Gasteiger partial charge in [-0.3, -0.25) is 14.4 Å². The van der Waals surface area contributed by atoms with Gasteiger partial charge in [-0.05, 0) is 77.9 Å². The van der Waals surface area contributed by atoms with Gasteiger partial charge in [-0.25, -0.2) is 9.97 Å². The maximum Gasteiger partial charge on any atom is 0.416 e. The number of amides is 3. The lowest BCUT2D eigenvalue weighted by atomic mass is 10.0. The number of halogens is 3. The highest BCUT2D eigenvalue weighted by Crippen LogP contribution is 2.30. The van der Waals surface area contributed by atoms with Crippen molar-refractivity contribution in [3.63, 3.8) is 0 Å². The van der Waals surface area contributed by atoms with Crippen LogP contribution in [0.15, 0.2) is 97.2 Å². The largest absolute Gasteiger partial charge is 0.492 e.